The molecular formula is C20H28N2O2. The smallest absolute Gasteiger partial charge is 0.410 e. The molecule has 0 bridgehead atoms. The molecule has 0 spiro atoms. The van der Waals surface area contributed by atoms with Gasteiger partial charge in [-0.3, -0.25) is 0 Å². The number of hydrogen-bond acceptors (Lipinski definition) is 2. The second-order valence-corrected chi connectivity index (χ2v) is 7.72. The van der Waals surface area contributed by atoms with Crippen molar-refractivity contribution in [3.05, 3.63) is 35.5 Å². The number of piperidine rings is 1. The zero-order chi connectivity index (χ0) is 17.3. The van der Waals surface area contributed by atoms with Crippen LogP contribution < -0.4 is 0 Å². The van der Waals surface area contributed by atoms with Gasteiger partial charge in [-0.2, -0.15) is 0 Å². The summed E-state index contributed by atoms with van der Waals surface area (Å²) in [7, 11) is 0. The number of ether oxygens (including phenoxy) is 1. The van der Waals surface area contributed by atoms with E-state index >= 15 is 0 Å². The average Bonchev–Trinajstić information content (AvgIpc) is 2.96. The van der Waals surface area contributed by atoms with Crippen LogP contribution in [0.4, 0.5) is 4.79 Å². The van der Waals surface area contributed by atoms with E-state index in [9.17, 15) is 4.79 Å². The van der Waals surface area contributed by atoms with Crippen LogP contribution in [0.5, 0.6) is 0 Å². The van der Waals surface area contributed by atoms with Gasteiger partial charge in [0.05, 0.1) is 0 Å². The predicted octanol–water partition coefficient (Wildman–Crippen LogP) is 4.84. The van der Waals surface area contributed by atoms with Gasteiger partial charge in [0, 0.05) is 30.2 Å². The number of likely N-dealkylation sites (tertiary alicyclic amines) is 1. The number of carbonyl (C=O) groups excluding carboxylic acids is 1. The minimum absolute atomic E-state index is 0.188. The average molecular weight is 328 g/mol. The van der Waals surface area contributed by atoms with Crippen LogP contribution in [0.15, 0.2) is 24.4 Å². The van der Waals surface area contributed by atoms with Crippen LogP contribution in [0.3, 0.4) is 0 Å². The first-order valence-corrected chi connectivity index (χ1v) is 8.95. The quantitative estimate of drug-likeness (QED) is 0.857. The van der Waals surface area contributed by atoms with Crippen molar-refractivity contribution in [2.75, 3.05) is 13.1 Å². The molecule has 1 aliphatic rings. The van der Waals surface area contributed by atoms with Crippen LogP contribution in [0.1, 0.15) is 57.6 Å². The Morgan fingerprint density at radius 1 is 1.29 bits per heavy atom. The van der Waals surface area contributed by atoms with Gasteiger partial charge in [-0.15, -0.1) is 0 Å². The Morgan fingerprint density at radius 2 is 2.00 bits per heavy atom. The number of fused-ring (bicyclic) bond motifs is 1. The topological polar surface area (TPSA) is 45.3 Å². The monoisotopic (exact) mass is 328 g/mol. The number of nitrogens with zero attached hydrogens (tertiary/aromatic N) is 1. The number of amides is 1. The lowest BCUT2D eigenvalue weighted by Gasteiger charge is -2.33. The van der Waals surface area contributed by atoms with Crippen LogP contribution in [0.25, 0.3) is 10.9 Å². The molecule has 2 heterocycles. The Bertz CT molecular complexity index is 719. The zero-order valence-electron chi connectivity index (χ0n) is 15.2. The number of H-pyrrole nitrogens is 1. The van der Waals surface area contributed by atoms with Crippen LogP contribution >= 0.6 is 0 Å². The number of carbonyl (C=O) groups is 1. The third-order valence-corrected chi connectivity index (χ3v) is 4.77. The zero-order valence-corrected chi connectivity index (χ0v) is 15.2. The number of aromatic nitrogens is 1. The summed E-state index contributed by atoms with van der Waals surface area (Å²) >= 11 is 0. The number of rotatable bonds is 2. The molecule has 1 N–H and O–H groups in total. The van der Waals surface area contributed by atoms with Crippen LogP contribution in [-0.4, -0.2) is 34.7 Å². The van der Waals surface area contributed by atoms with Crippen molar-refractivity contribution in [1.29, 1.82) is 0 Å². The fourth-order valence-corrected chi connectivity index (χ4v) is 3.45. The van der Waals surface area contributed by atoms with Crippen molar-refractivity contribution in [2.45, 2.75) is 58.5 Å². The van der Waals surface area contributed by atoms with E-state index in [-0.39, 0.29) is 6.09 Å². The van der Waals surface area contributed by atoms with Gasteiger partial charge in [0.15, 0.2) is 0 Å². The van der Waals surface area contributed by atoms with Gasteiger partial charge in [0.25, 0.3) is 0 Å². The fraction of sp³-hybridized carbons (Fsp3) is 0.550. The third-order valence-electron chi connectivity index (χ3n) is 4.77. The summed E-state index contributed by atoms with van der Waals surface area (Å²) in [6.07, 6.45) is 4.99. The van der Waals surface area contributed by atoms with Crippen LogP contribution in [0.2, 0.25) is 0 Å². The molecule has 4 heteroatoms. The Labute approximate surface area is 144 Å². The molecule has 1 fully saturated rings. The number of hydrogen-bond donors (Lipinski definition) is 1. The van der Waals surface area contributed by atoms with E-state index in [1.165, 1.54) is 22.0 Å². The van der Waals surface area contributed by atoms with Crippen molar-refractivity contribution in [2.24, 2.45) is 0 Å². The van der Waals surface area contributed by atoms with Gasteiger partial charge in [-0.25, -0.2) is 4.79 Å². The first kappa shape index (κ1) is 16.9. The second-order valence-electron chi connectivity index (χ2n) is 7.72. The Morgan fingerprint density at radius 3 is 2.62 bits per heavy atom. The molecule has 0 aliphatic carbocycles. The molecule has 1 saturated heterocycles. The molecule has 2 aromatic rings. The molecule has 1 aromatic carbocycles. The van der Waals surface area contributed by atoms with E-state index in [4.69, 9.17) is 4.74 Å². The van der Waals surface area contributed by atoms with Gasteiger partial charge >= 0.3 is 6.09 Å². The number of aryl methyl sites for hydroxylation is 1. The molecule has 1 aliphatic heterocycles. The number of aromatic amines is 1. The standard InChI is InChI=1S/C20H28N2O2/c1-5-14-6-7-16-17(13-21-18(16)12-14)15-8-10-22(11-9-15)19(23)24-20(2,3)4/h6-7,12-13,15,21H,5,8-11H2,1-4H3. The lowest BCUT2D eigenvalue weighted by Crippen LogP contribution is -2.41. The molecular weight excluding hydrogens is 300 g/mol. The van der Waals surface area contributed by atoms with Crippen molar-refractivity contribution >= 4 is 17.0 Å². The van der Waals surface area contributed by atoms with Crippen LogP contribution in [0, 0.1) is 0 Å². The summed E-state index contributed by atoms with van der Waals surface area (Å²) in [5.41, 5.74) is 3.54. The highest BCUT2D eigenvalue weighted by Gasteiger charge is 2.28. The normalized spacial score (nSPS) is 16.6. The molecule has 1 aromatic heterocycles. The first-order valence-electron chi connectivity index (χ1n) is 8.95. The summed E-state index contributed by atoms with van der Waals surface area (Å²) in [5, 5.41) is 1.32. The highest BCUT2D eigenvalue weighted by molar-refractivity contribution is 5.84. The van der Waals surface area contributed by atoms with Crippen molar-refractivity contribution in [3.63, 3.8) is 0 Å². The van der Waals surface area contributed by atoms with Crippen molar-refractivity contribution in [3.8, 4) is 0 Å². The first-order chi connectivity index (χ1) is 11.4. The Hall–Kier alpha value is -1.97. The van der Waals surface area contributed by atoms with Gasteiger partial charge in [-0.05, 0) is 63.1 Å². The van der Waals surface area contributed by atoms with E-state index in [1.807, 2.05) is 25.7 Å². The summed E-state index contributed by atoms with van der Waals surface area (Å²) in [6.45, 7) is 9.44. The van der Waals surface area contributed by atoms with Crippen molar-refractivity contribution < 1.29 is 9.53 Å². The Kier molecular flexibility index (Phi) is 4.57. The second kappa shape index (κ2) is 6.50. The maximum absolute atomic E-state index is 12.2. The van der Waals surface area contributed by atoms with Crippen LogP contribution in [-0.2, 0) is 11.2 Å². The van der Waals surface area contributed by atoms with E-state index in [0.717, 1.165) is 32.4 Å². The summed E-state index contributed by atoms with van der Waals surface area (Å²) in [4.78, 5) is 17.4. The van der Waals surface area contributed by atoms with E-state index in [1.54, 1.807) is 0 Å². The Balaban J connectivity index is 1.68. The molecule has 0 atom stereocenters. The maximum atomic E-state index is 12.2. The number of nitrogens with one attached hydrogen (secondary N) is 1. The van der Waals surface area contributed by atoms with E-state index < -0.39 is 5.60 Å². The minimum Gasteiger partial charge on any atom is -0.444 e. The molecule has 130 valence electrons. The third kappa shape index (κ3) is 3.58. The largest absolute Gasteiger partial charge is 0.444 e. The predicted molar refractivity (Wildman–Crippen MR) is 97.5 cm³/mol. The summed E-state index contributed by atoms with van der Waals surface area (Å²) < 4.78 is 5.48. The summed E-state index contributed by atoms with van der Waals surface area (Å²) in [5.74, 6) is 0.505. The van der Waals surface area contributed by atoms with Gasteiger partial charge < -0.3 is 14.6 Å². The summed E-state index contributed by atoms with van der Waals surface area (Å²) in [6, 6.07) is 6.70. The number of benzene rings is 1. The SMILES string of the molecule is CCc1ccc2c(C3CCN(C(=O)OC(C)(C)C)CC3)c[nH]c2c1. The highest BCUT2D eigenvalue weighted by atomic mass is 16.6. The molecule has 0 unspecified atom stereocenters. The minimum atomic E-state index is -0.429. The van der Waals surface area contributed by atoms with Gasteiger partial charge in [0.2, 0.25) is 0 Å². The van der Waals surface area contributed by atoms with E-state index in [2.05, 4.69) is 36.3 Å². The molecule has 3 rings (SSSR count). The molecule has 1 amide bonds. The lowest BCUT2D eigenvalue weighted by atomic mass is 9.89. The molecule has 4 nitrogen and oxygen atoms in total. The maximum Gasteiger partial charge on any atom is 0.410 e. The lowest BCUT2D eigenvalue weighted by molar-refractivity contribution is 0.0205. The fourth-order valence-electron chi connectivity index (χ4n) is 3.45. The van der Waals surface area contributed by atoms with E-state index in [0.29, 0.717) is 5.92 Å². The van der Waals surface area contributed by atoms with Gasteiger partial charge in [-0.1, -0.05) is 19.1 Å². The molecule has 24 heavy (non-hydrogen) atoms. The molecule has 0 radical (unpaired) electrons. The van der Waals surface area contributed by atoms with Gasteiger partial charge in [0.1, 0.15) is 5.60 Å². The van der Waals surface area contributed by atoms with Crippen molar-refractivity contribution in [1.82, 2.24) is 9.88 Å². The highest BCUT2D eigenvalue weighted by Crippen LogP contribution is 2.33. The molecule has 0 saturated carbocycles.